The fraction of sp³-hybridized carbons (Fsp3) is 0. The third-order valence-corrected chi connectivity index (χ3v) is 10.4. The average Bonchev–Trinajstić information content (AvgIpc) is 3.50. The molecule has 3 nitrogen and oxygen atoms in total. The predicted octanol–water partition coefficient (Wildman–Crippen LogP) is 11.9. The Bertz CT molecular complexity index is 2630. The van der Waals surface area contributed by atoms with Crippen LogP contribution < -0.4 is 4.90 Å². The molecule has 0 atom stereocenters. The Morgan fingerprint density at radius 1 is 0.478 bits per heavy atom. The van der Waals surface area contributed by atoms with Crippen molar-refractivity contribution in [2.45, 2.75) is 0 Å². The van der Waals surface area contributed by atoms with Gasteiger partial charge in [-0.15, -0.1) is 11.3 Å². The molecule has 0 saturated heterocycles. The van der Waals surface area contributed by atoms with Crippen LogP contribution >= 0.6 is 11.3 Å². The number of thiophene rings is 1. The number of hydrogen-bond donors (Lipinski definition) is 0. The molecule has 1 aliphatic rings. The van der Waals surface area contributed by atoms with E-state index in [4.69, 9.17) is 9.97 Å². The minimum atomic E-state index is 0.678. The minimum Gasteiger partial charge on any atom is -0.278 e. The normalized spacial score (nSPS) is 12.3. The molecule has 9 aromatic rings. The second-order valence-corrected chi connectivity index (χ2v) is 12.9. The monoisotopic (exact) mass is 603 g/mol. The van der Waals surface area contributed by atoms with E-state index in [0.29, 0.717) is 5.95 Å². The minimum absolute atomic E-state index is 0.678. The molecule has 0 aliphatic carbocycles. The first-order chi connectivity index (χ1) is 22.8. The summed E-state index contributed by atoms with van der Waals surface area (Å²) in [5.74, 6) is 0.678. The van der Waals surface area contributed by atoms with Gasteiger partial charge < -0.3 is 0 Å². The molecule has 0 amide bonds. The molecule has 0 N–H and O–H groups in total. The molecule has 4 heteroatoms. The Morgan fingerprint density at radius 3 is 2.00 bits per heavy atom. The first-order valence-corrected chi connectivity index (χ1v) is 16.3. The van der Waals surface area contributed by atoms with Crippen LogP contribution in [-0.2, 0) is 0 Å². The Labute approximate surface area is 269 Å². The van der Waals surface area contributed by atoms with Gasteiger partial charge in [0.05, 0.1) is 27.3 Å². The van der Waals surface area contributed by atoms with Crippen molar-refractivity contribution < 1.29 is 0 Å². The zero-order chi connectivity index (χ0) is 30.2. The smallest absolute Gasteiger partial charge is 0.235 e. The van der Waals surface area contributed by atoms with Gasteiger partial charge in [0, 0.05) is 26.6 Å². The fourth-order valence-electron chi connectivity index (χ4n) is 7.03. The lowest BCUT2D eigenvalue weighted by molar-refractivity contribution is 1.12. The van der Waals surface area contributed by atoms with Gasteiger partial charge in [-0.05, 0) is 57.1 Å². The number of nitrogens with zero attached hydrogens (tertiary/aromatic N) is 3. The summed E-state index contributed by atoms with van der Waals surface area (Å²) in [5, 5.41) is 5.99. The lowest BCUT2D eigenvalue weighted by atomic mass is 9.89. The molecule has 3 heterocycles. The van der Waals surface area contributed by atoms with E-state index in [1.807, 2.05) is 0 Å². The lowest BCUT2D eigenvalue weighted by Crippen LogP contribution is -2.18. The highest BCUT2D eigenvalue weighted by Gasteiger charge is 2.29. The third kappa shape index (κ3) is 3.77. The largest absolute Gasteiger partial charge is 0.278 e. The molecule has 0 fully saturated rings. The highest BCUT2D eigenvalue weighted by atomic mass is 32.1. The van der Waals surface area contributed by atoms with Crippen LogP contribution in [0.4, 0.5) is 17.3 Å². The van der Waals surface area contributed by atoms with E-state index in [9.17, 15) is 0 Å². The highest BCUT2D eigenvalue weighted by molar-refractivity contribution is 7.26. The van der Waals surface area contributed by atoms with Crippen LogP contribution in [0.5, 0.6) is 0 Å². The summed E-state index contributed by atoms with van der Waals surface area (Å²) in [5.41, 5.74) is 10.0. The highest BCUT2D eigenvalue weighted by Crippen LogP contribution is 2.52. The van der Waals surface area contributed by atoms with Crippen LogP contribution in [-0.4, -0.2) is 9.97 Å². The maximum Gasteiger partial charge on any atom is 0.235 e. The van der Waals surface area contributed by atoms with E-state index in [0.717, 1.165) is 38.2 Å². The van der Waals surface area contributed by atoms with E-state index in [1.165, 1.54) is 48.5 Å². The van der Waals surface area contributed by atoms with Crippen LogP contribution in [0.25, 0.3) is 75.4 Å². The summed E-state index contributed by atoms with van der Waals surface area (Å²) in [6, 6.07) is 54.2. The molecule has 0 radical (unpaired) electrons. The van der Waals surface area contributed by atoms with Gasteiger partial charge >= 0.3 is 0 Å². The van der Waals surface area contributed by atoms with Crippen LogP contribution in [0, 0.1) is 0 Å². The number of benzene rings is 7. The Kier molecular flexibility index (Phi) is 5.45. The van der Waals surface area contributed by atoms with Crippen LogP contribution in [0.15, 0.2) is 152 Å². The van der Waals surface area contributed by atoms with Crippen molar-refractivity contribution in [1.29, 1.82) is 0 Å². The molecule has 0 bridgehead atoms. The van der Waals surface area contributed by atoms with Gasteiger partial charge in [0.1, 0.15) is 0 Å². The zero-order valence-corrected chi connectivity index (χ0v) is 25.5. The SMILES string of the molecule is c1ccc(-c2ccc(-c3nc(N4c5cc6ccccc6cc5-c5cccc6cccc4c56)nc4c3sc3ccccc34)cc2)cc1. The molecule has 7 aromatic carbocycles. The van der Waals surface area contributed by atoms with Crippen molar-refractivity contribution in [2.75, 3.05) is 4.90 Å². The molecule has 0 unspecified atom stereocenters. The molecule has 2 aromatic heterocycles. The van der Waals surface area contributed by atoms with Crippen molar-refractivity contribution in [3.8, 4) is 33.5 Å². The van der Waals surface area contributed by atoms with E-state index in [-0.39, 0.29) is 0 Å². The fourth-order valence-corrected chi connectivity index (χ4v) is 8.19. The molecule has 0 spiro atoms. The molecule has 46 heavy (non-hydrogen) atoms. The molecular formula is C42H25N3S. The first-order valence-electron chi connectivity index (χ1n) is 15.5. The lowest BCUT2D eigenvalue weighted by Gasteiger charge is -2.32. The molecule has 10 rings (SSSR count). The van der Waals surface area contributed by atoms with Gasteiger partial charge in [0.25, 0.3) is 0 Å². The quantitative estimate of drug-likeness (QED) is 0.201. The molecular weight excluding hydrogens is 579 g/mol. The standard InChI is InChI=1S/C42H25N3S/c1-2-10-26(11-3-1)27-20-22-29(23-21-27)39-41-40(33-16-6-7-19-37(33)46-41)44-42(43-39)45-35-18-9-15-28-14-8-17-32(38(28)35)34-24-30-12-4-5-13-31(30)25-36(34)45/h1-25H. The summed E-state index contributed by atoms with van der Waals surface area (Å²) >= 11 is 1.77. The van der Waals surface area contributed by atoms with Crippen molar-refractivity contribution in [2.24, 2.45) is 0 Å². The van der Waals surface area contributed by atoms with E-state index in [1.54, 1.807) is 11.3 Å². The molecule has 1 aliphatic heterocycles. The van der Waals surface area contributed by atoms with Crippen molar-refractivity contribution >= 4 is 70.5 Å². The number of hydrogen-bond acceptors (Lipinski definition) is 4. The van der Waals surface area contributed by atoms with Gasteiger partial charge in [0.2, 0.25) is 5.95 Å². The summed E-state index contributed by atoms with van der Waals surface area (Å²) in [7, 11) is 0. The van der Waals surface area contributed by atoms with Crippen LogP contribution in [0.2, 0.25) is 0 Å². The third-order valence-electron chi connectivity index (χ3n) is 9.19. The maximum absolute atomic E-state index is 5.46. The Hall–Kier alpha value is -5.84. The predicted molar refractivity (Wildman–Crippen MR) is 194 cm³/mol. The Balaban J connectivity index is 1.27. The number of anilines is 3. The average molecular weight is 604 g/mol. The van der Waals surface area contributed by atoms with Gasteiger partial charge in [-0.25, -0.2) is 9.97 Å². The van der Waals surface area contributed by atoms with Gasteiger partial charge in [-0.2, -0.15) is 0 Å². The van der Waals surface area contributed by atoms with Crippen LogP contribution in [0.1, 0.15) is 0 Å². The second kappa shape index (κ2) is 9.83. The van der Waals surface area contributed by atoms with Crippen molar-refractivity contribution in [3.05, 3.63) is 152 Å². The topological polar surface area (TPSA) is 29.0 Å². The van der Waals surface area contributed by atoms with Crippen LogP contribution in [0.3, 0.4) is 0 Å². The number of aromatic nitrogens is 2. The molecule has 214 valence electrons. The van der Waals surface area contributed by atoms with E-state index in [2.05, 4.69) is 157 Å². The van der Waals surface area contributed by atoms with Crippen molar-refractivity contribution in [3.63, 3.8) is 0 Å². The summed E-state index contributed by atoms with van der Waals surface area (Å²) in [6.07, 6.45) is 0. The number of fused-ring (bicyclic) bond motifs is 6. The maximum atomic E-state index is 5.46. The van der Waals surface area contributed by atoms with Gasteiger partial charge in [0.15, 0.2) is 0 Å². The summed E-state index contributed by atoms with van der Waals surface area (Å²) < 4.78 is 2.32. The summed E-state index contributed by atoms with van der Waals surface area (Å²) in [4.78, 5) is 13.1. The first kappa shape index (κ1) is 25.5. The van der Waals surface area contributed by atoms with E-state index >= 15 is 0 Å². The number of rotatable bonds is 3. The van der Waals surface area contributed by atoms with E-state index < -0.39 is 0 Å². The second-order valence-electron chi connectivity index (χ2n) is 11.8. The zero-order valence-electron chi connectivity index (χ0n) is 24.7. The summed E-state index contributed by atoms with van der Waals surface area (Å²) in [6.45, 7) is 0. The van der Waals surface area contributed by atoms with Gasteiger partial charge in [-0.1, -0.05) is 127 Å². The Morgan fingerprint density at radius 2 is 1.15 bits per heavy atom. The van der Waals surface area contributed by atoms with Crippen molar-refractivity contribution in [1.82, 2.24) is 9.97 Å². The van der Waals surface area contributed by atoms with Gasteiger partial charge in [-0.3, -0.25) is 4.90 Å². The molecule has 0 saturated carbocycles.